The van der Waals surface area contributed by atoms with Gasteiger partial charge < -0.3 is 15.2 Å². The minimum Gasteiger partial charge on any atom is -0.480 e. The van der Waals surface area contributed by atoms with Gasteiger partial charge >= 0.3 is 5.97 Å². The number of nitrogen functional groups attached to an aromatic ring is 1. The summed E-state index contributed by atoms with van der Waals surface area (Å²) >= 11 is 0. The third kappa shape index (κ3) is 3.44. The fourth-order valence-corrected chi connectivity index (χ4v) is 2.58. The number of anilines is 1. The van der Waals surface area contributed by atoms with E-state index in [1.165, 1.54) is 0 Å². The summed E-state index contributed by atoms with van der Waals surface area (Å²) in [5.74, 6) is -0.222. The van der Waals surface area contributed by atoms with Gasteiger partial charge in [-0.3, -0.25) is 4.79 Å². The molecule has 2 rings (SSSR count). The molecule has 0 bridgehead atoms. The Morgan fingerprint density at radius 3 is 2.70 bits per heavy atom. The maximum atomic E-state index is 12.1. The number of nitrogens with zero attached hydrogens (tertiary/aromatic N) is 1. The number of methoxy groups -OCH3 is 1. The number of hydrogen-bond donors (Lipinski definition) is 1. The summed E-state index contributed by atoms with van der Waals surface area (Å²) in [4.78, 5) is 16.5. The van der Waals surface area contributed by atoms with Gasteiger partial charge in [0.05, 0.1) is 25.2 Å². The smallest absolute Gasteiger partial charge is 0.313 e. The topological polar surface area (TPSA) is 74.4 Å². The Balaban J connectivity index is 2.60. The van der Waals surface area contributed by atoms with Gasteiger partial charge in [0.15, 0.2) is 0 Å². The van der Waals surface area contributed by atoms with Gasteiger partial charge in [-0.2, -0.15) is 0 Å². The number of benzene rings is 1. The lowest BCUT2D eigenvalue weighted by atomic mass is 9.91. The van der Waals surface area contributed by atoms with Crippen molar-refractivity contribution in [1.29, 1.82) is 0 Å². The van der Waals surface area contributed by atoms with Gasteiger partial charge in [-0.05, 0) is 38.0 Å². The van der Waals surface area contributed by atoms with Crippen molar-refractivity contribution in [2.75, 3.05) is 19.5 Å². The molecule has 0 aliphatic carbocycles. The summed E-state index contributed by atoms with van der Waals surface area (Å²) in [6, 6.07) is 9.39. The number of carbonyl (C=O) groups is 1. The van der Waals surface area contributed by atoms with E-state index in [0.29, 0.717) is 23.7 Å². The van der Waals surface area contributed by atoms with E-state index in [4.69, 9.17) is 15.2 Å². The molecule has 0 fully saturated rings. The Morgan fingerprint density at radius 2 is 2.04 bits per heavy atom. The fraction of sp³-hybridized carbons (Fsp3) is 0.333. The molecule has 122 valence electrons. The molecule has 0 aliphatic heterocycles. The molecule has 1 aromatic heterocycles. The third-order valence-electron chi connectivity index (χ3n) is 3.67. The van der Waals surface area contributed by atoms with Gasteiger partial charge in [0.25, 0.3) is 0 Å². The van der Waals surface area contributed by atoms with E-state index in [2.05, 4.69) is 4.98 Å². The van der Waals surface area contributed by atoms with Gasteiger partial charge in [0.2, 0.25) is 5.88 Å². The second-order valence-corrected chi connectivity index (χ2v) is 5.30. The van der Waals surface area contributed by atoms with Crippen LogP contribution in [0.15, 0.2) is 30.3 Å². The van der Waals surface area contributed by atoms with Crippen LogP contribution >= 0.6 is 0 Å². The molecule has 2 aromatic rings. The maximum absolute atomic E-state index is 12.1. The van der Waals surface area contributed by atoms with E-state index in [0.717, 1.165) is 16.8 Å². The quantitative estimate of drug-likeness (QED) is 0.857. The highest BCUT2D eigenvalue weighted by atomic mass is 16.5. The minimum atomic E-state index is -0.406. The standard InChI is InChI=1S/C18H22N2O3/c1-5-23-18(21)12(3)13-8-6-7-9-14(13)16-15(19)10-11(2)20-17(16)22-4/h6-10,12H,5H2,1-4H3,(H2,19,20). The predicted octanol–water partition coefficient (Wildman–Crippen LogP) is 3.31. The van der Waals surface area contributed by atoms with Crippen LogP contribution in [0.3, 0.4) is 0 Å². The van der Waals surface area contributed by atoms with Crippen LogP contribution in [0.5, 0.6) is 5.88 Å². The first-order valence-electron chi connectivity index (χ1n) is 7.56. The largest absolute Gasteiger partial charge is 0.480 e. The summed E-state index contributed by atoms with van der Waals surface area (Å²) in [6.07, 6.45) is 0. The van der Waals surface area contributed by atoms with Crippen LogP contribution < -0.4 is 10.5 Å². The van der Waals surface area contributed by atoms with Gasteiger partial charge in [-0.15, -0.1) is 0 Å². The first-order chi connectivity index (χ1) is 11.0. The molecule has 0 spiro atoms. The minimum absolute atomic E-state index is 0.266. The third-order valence-corrected chi connectivity index (χ3v) is 3.67. The Kier molecular flexibility index (Phi) is 5.21. The average Bonchev–Trinajstić information content (AvgIpc) is 2.53. The Hall–Kier alpha value is -2.56. The molecule has 1 atom stereocenters. The summed E-state index contributed by atoms with van der Waals surface area (Å²) < 4.78 is 10.5. The lowest BCUT2D eigenvalue weighted by molar-refractivity contribution is -0.144. The summed E-state index contributed by atoms with van der Waals surface area (Å²) in [7, 11) is 1.56. The van der Waals surface area contributed by atoms with Crippen molar-refractivity contribution in [1.82, 2.24) is 4.98 Å². The number of aromatic nitrogens is 1. The van der Waals surface area contributed by atoms with Crippen LogP contribution in [-0.4, -0.2) is 24.7 Å². The zero-order valence-electron chi connectivity index (χ0n) is 13.9. The molecule has 1 aromatic carbocycles. The van der Waals surface area contributed by atoms with E-state index in [1.54, 1.807) is 20.1 Å². The zero-order valence-corrected chi connectivity index (χ0v) is 13.9. The molecular formula is C18H22N2O3. The van der Waals surface area contributed by atoms with Crippen molar-refractivity contribution >= 4 is 11.7 Å². The number of esters is 1. The fourth-order valence-electron chi connectivity index (χ4n) is 2.58. The molecule has 1 heterocycles. The van der Waals surface area contributed by atoms with Crippen LogP contribution in [0.25, 0.3) is 11.1 Å². The maximum Gasteiger partial charge on any atom is 0.313 e. The Bertz CT molecular complexity index is 713. The first kappa shape index (κ1) is 16.8. The van der Waals surface area contributed by atoms with Crippen LogP contribution in [0.2, 0.25) is 0 Å². The van der Waals surface area contributed by atoms with Gasteiger partial charge in [0, 0.05) is 11.4 Å². The molecule has 0 amide bonds. The SMILES string of the molecule is CCOC(=O)C(C)c1ccccc1-c1c(N)cc(C)nc1OC. The predicted molar refractivity (Wildman–Crippen MR) is 90.4 cm³/mol. The van der Waals surface area contributed by atoms with Crippen molar-refractivity contribution in [3.05, 3.63) is 41.6 Å². The van der Waals surface area contributed by atoms with Gasteiger partial charge in [-0.25, -0.2) is 4.98 Å². The number of pyridine rings is 1. The highest BCUT2D eigenvalue weighted by Crippen LogP contribution is 2.38. The Labute approximate surface area is 136 Å². The molecular weight excluding hydrogens is 292 g/mol. The van der Waals surface area contributed by atoms with Gasteiger partial charge in [-0.1, -0.05) is 24.3 Å². The number of nitrogens with two attached hydrogens (primary N) is 1. The highest BCUT2D eigenvalue weighted by molar-refractivity contribution is 5.87. The van der Waals surface area contributed by atoms with E-state index < -0.39 is 5.92 Å². The normalized spacial score (nSPS) is 11.8. The molecule has 0 aliphatic rings. The van der Waals surface area contributed by atoms with Crippen LogP contribution in [0, 0.1) is 6.92 Å². The number of aryl methyl sites for hydroxylation is 1. The molecule has 1 unspecified atom stereocenters. The molecule has 5 nitrogen and oxygen atoms in total. The lowest BCUT2D eigenvalue weighted by Crippen LogP contribution is -2.14. The first-order valence-corrected chi connectivity index (χ1v) is 7.56. The van der Waals surface area contributed by atoms with Crippen LogP contribution in [0.4, 0.5) is 5.69 Å². The van der Waals surface area contributed by atoms with Crippen LogP contribution in [-0.2, 0) is 9.53 Å². The lowest BCUT2D eigenvalue weighted by Gasteiger charge is -2.18. The van der Waals surface area contributed by atoms with Crippen molar-refractivity contribution in [2.24, 2.45) is 0 Å². The van der Waals surface area contributed by atoms with Gasteiger partial charge in [0.1, 0.15) is 0 Å². The van der Waals surface area contributed by atoms with E-state index in [9.17, 15) is 4.79 Å². The summed E-state index contributed by atoms with van der Waals surface area (Å²) in [5.41, 5.74) is 9.90. The monoisotopic (exact) mass is 314 g/mol. The number of ether oxygens (including phenoxy) is 2. The molecule has 2 N–H and O–H groups in total. The van der Waals surface area contributed by atoms with Crippen molar-refractivity contribution in [2.45, 2.75) is 26.7 Å². The van der Waals surface area contributed by atoms with E-state index in [1.807, 2.05) is 38.1 Å². The van der Waals surface area contributed by atoms with E-state index >= 15 is 0 Å². The van der Waals surface area contributed by atoms with Crippen molar-refractivity contribution in [3.63, 3.8) is 0 Å². The molecule has 0 saturated heterocycles. The summed E-state index contributed by atoms with van der Waals surface area (Å²) in [6.45, 7) is 5.82. The second kappa shape index (κ2) is 7.13. The molecule has 0 radical (unpaired) electrons. The van der Waals surface area contributed by atoms with E-state index in [-0.39, 0.29) is 5.97 Å². The number of carbonyl (C=O) groups excluding carboxylic acids is 1. The van der Waals surface area contributed by atoms with Crippen molar-refractivity contribution < 1.29 is 14.3 Å². The second-order valence-electron chi connectivity index (χ2n) is 5.30. The zero-order chi connectivity index (χ0) is 17.0. The molecule has 5 heteroatoms. The molecule has 0 saturated carbocycles. The summed E-state index contributed by atoms with van der Waals surface area (Å²) in [5, 5.41) is 0. The number of rotatable bonds is 5. The van der Waals surface area contributed by atoms with Crippen molar-refractivity contribution in [3.8, 4) is 17.0 Å². The van der Waals surface area contributed by atoms with Crippen LogP contribution in [0.1, 0.15) is 31.0 Å². The Morgan fingerprint density at radius 1 is 1.35 bits per heavy atom. The highest BCUT2D eigenvalue weighted by Gasteiger charge is 2.23. The number of hydrogen-bond acceptors (Lipinski definition) is 5. The average molecular weight is 314 g/mol. The molecule has 23 heavy (non-hydrogen) atoms.